The number of aromatic nitrogens is 1. The van der Waals surface area contributed by atoms with Crippen LogP contribution in [-0.2, 0) is 12.3 Å². The van der Waals surface area contributed by atoms with E-state index >= 15 is 0 Å². The fourth-order valence-electron chi connectivity index (χ4n) is 2.78. The Morgan fingerprint density at radius 3 is 3.11 bits per heavy atom. The van der Waals surface area contributed by atoms with Crippen LogP contribution in [0.25, 0.3) is 0 Å². The van der Waals surface area contributed by atoms with Crippen molar-refractivity contribution in [1.82, 2.24) is 9.88 Å². The molecule has 2 aromatic heterocycles. The van der Waals surface area contributed by atoms with Crippen LogP contribution in [0.5, 0.6) is 0 Å². The van der Waals surface area contributed by atoms with E-state index in [4.69, 9.17) is 11.6 Å². The Balaban J connectivity index is 1.83. The minimum atomic E-state index is 0.366. The van der Waals surface area contributed by atoms with E-state index in [1.807, 2.05) is 11.3 Å². The van der Waals surface area contributed by atoms with E-state index in [-0.39, 0.29) is 0 Å². The Hall–Kier alpha value is -0.420. The van der Waals surface area contributed by atoms with Crippen molar-refractivity contribution >= 4 is 34.3 Å². The first kappa shape index (κ1) is 13.6. The summed E-state index contributed by atoms with van der Waals surface area (Å²) in [5.41, 5.74) is 2.49. The van der Waals surface area contributed by atoms with Crippen LogP contribution in [0.2, 0.25) is 0 Å². The van der Waals surface area contributed by atoms with E-state index in [0.717, 1.165) is 18.7 Å². The summed E-state index contributed by atoms with van der Waals surface area (Å²) < 4.78 is 0. The van der Waals surface area contributed by atoms with E-state index in [9.17, 15) is 0 Å². The van der Waals surface area contributed by atoms with Gasteiger partial charge < -0.3 is 0 Å². The molecule has 102 valence electrons. The van der Waals surface area contributed by atoms with E-state index in [2.05, 4.69) is 40.6 Å². The molecular weight excluding hydrogens is 296 g/mol. The van der Waals surface area contributed by atoms with Crippen molar-refractivity contribution in [2.75, 3.05) is 6.54 Å². The summed E-state index contributed by atoms with van der Waals surface area (Å²) in [5.74, 6) is 0.507. The lowest BCUT2D eigenvalue weighted by molar-refractivity contribution is 0.145. The molecule has 0 N–H and O–H groups in total. The van der Waals surface area contributed by atoms with Crippen molar-refractivity contribution < 1.29 is 0 Å². The zero-order valence-corrected chi connectivity index (χ0v) is 13.5. The van der Waals surface area contributed by atoms with Crippen molar-refractivity contribution in [3.63, 3.8) is 0 Å². The summed E-state index contributed by atoms with van der Waals surface area (Å²) in [6, 6.07) is 3.12. The van der Waals surface area contributed by atoms with Crippen molar-refractivity contribution in [3.8, 4) is 0 Å². The molecule has 2 nitrogen and oxygen atoms in total. The molecule has 0 aliphatic carbocycles. The smallest absolute Gasteiger partial charge is 0.110 e. The fraction of sp³-hybridized carbons (Fsp3) is 0.500. The SMILES string of the molecule is CC(c1nc(CCl)cs1)N1CCc2sccc2C1C. The van der Waals surface area contributed by atoms with Gasteiger partial charge in [0.1, 0.15) is 5.01 Å². The zero-order chi connectivity index (χ0) is 13.4. The molecule has 1 aliphatic heterocycles. The molecule has 0 bridgehead atoms. The van der Waals surface area contributed by atoms with Crippen molar-refractivity contribution in [1.29, 1.82) is 0 Å². The molecule has 3 heterocycles. The van der Waals surface area contributed by atoms with E-state index in [0.29, 0.717) is 18.0 Å². The highest BCUT2D eigenvalue weighted by atomic mass is 35.5. The van der Waals surface area contributed by atoms with Gasteiger partial charge in [-0.1, -0.05) is 0 Å². The molecule has 19 heavy (non-hydrogen) atoms. The van der Waals surface area contributed by atoms with Crippen LogP contribution < -0.4 is 0 Å². The molecular formula is C14H17ClN2S2. The average molecular weight is 313 g/mol. The molecule has 0 saturated heterocycles. The number of rotatable bonds is 3. The Morgan fingerprint density at radius 2 is 2.37 bits per heavy atom. The first-order chi connectivity index (χ1) is 9.20. The number of hydrogen-bond acceptors (Lipinski definition) is 4. The normalized spacial score (nSPS) is 21.3. The van der Waals surface area contributed by atoms with Gasteiger partial charge in [0.05, 0.1) is 17.6 Å². The maximum atomic E-state index is 5.84. The van der Waals surface area contributed by atoms with Crippen LogP contribution in [-0.4, -0.2) is 16.4 Å². The third kappa shape index (κ3) is 2.47. The molecule has 0 aromatic carbocycles. The Morgan fingerprint density at radius 1 is 1.53 bits per heavy atom. The molecule has 0 saturated carbocycles. The quantitative estimate of drug-likeness (QED) is 0.769. The number of halogens is 1. The molecule has 5 heteroatoms. The topological polar surface area (TPSA) is 16.1 Å². The zero-order valence-electron chi connectivity index (χ0n) is 11.1. The standard InChI is InChI=1S/C14H17ClN2S2/c1-9-12-4-6-18-13(12)3-5-17(9)10(2)14-16-11(7-15)8-19-14/h4,6,8-10H,3,5,7H2,1-2H3. The molecule has 0 fully saturated rings. The minimum absolute atomic E-state index is 0.366. The van der Waals surface area contributed by atoms with Crippen LogP contribution in [0, 0.1) is 0 Å². The van der Waals surface area contributed by atoms with Gasteiger partial charge >= 0.3 is 0 Å². The molecule has 3 rings (SSSR count). The molecule has 0 spiro atoms. The van der Waals surface area contributed by atoms with Gasteiger partial charge in [0, 0.05) is 22.8 Å². The summed E-state index contributed by atoms with van der Waals surface area (Å²) in [6.07, 6.45) is 1.16. The maximum Gasteiger partial charge on any atom is 0.110 e. The molecule has 1 aliphatic rings. The Bertz CT molecular complexity index is 563. The number of fused-ring (bicyclic) bond motifs is 1. The van der Waals surface area contributed by atoms with Crippen LogP contribution in [0.4, 0.5) is 0 Å². The summed E-state index contributed by atoms with van der Waals surface area (Å²) in [4.78, 5) is 8.73. The summed E-state index contributed by atoms with van der Waals surface area (Å²) in [7, 11) is 0. The van der Waals surface area contributed by atoms with E-state index in [1.54, 1.807) is 16.2 Å². The lowest BCUT2D eigenvalue weighted by atomic mass is 10.00. The number of hydrogen-bond donors (Lipinski definition) is 0. The van der Waals surface area contributed by atoms with Gasteiger partial charge in [-0.2, -0.15) is 0 Å². The number of alkyl halides is 1. The summed E-state index contributed by atoms with van der Waals surface area (Å²) in [6.45, 7) is 5.67. The highest BCUT2D eigenvalue weighted by molar-refractivity contribution is 7.10. The van der Waals surface area contributed by atoms with Gasteiger partial charge in [-0.3, -0.25) is 4.90 Å². The van der Waals surface area contributed by atoms with Crippen LogP contribution >= 0.6 is 34.3 Å². The van der Waals surface area contributed by atoms with Gasteiger partial charge in [-0.05, 0) is 37.3 Å². The van der Waals surface area contributed by atoms with Crippen LogP contribution in [0.3, 0.4) is 0 Å². The number of nitrogens with zero attached hydrogens (tertiary/aromatic N) is 2. The van der Waals surface area contributed by atoms with E-state index in [1.165, 1.54) is 10.6 Å². The largest absolute Gasteiger partial charge is 0.287 e. The molecule has 2 atom stereocenters. The van der Waals surface area contributed by atoms with Gasteiger partial charge in [-0.25, -0.2) is 4.98 Å². The lowest BCUT2D eigenvalue weighted by Gasteiger charge is -2.37. The van der Waals surface area contributed by atoms with Gasteiger partial charge in [0.25, 0.3) is 0 Å². The highest BCUT2D eigenvalue weighted by Crippen LogP contribution is 2.38. The van der Waals surface area contributed by atoms with Gasteiger partial charge in [-0.15, -0.1) is 34.3 Å². The number of thiazole rings is 1. The second kappa shape index (κ2) is 5.52. The summed E-state index contributed by atoms with van der Waals surface area (Å²) in [5, 5.41) is 5.47. The predicted octanol–water partition coefficient (Wildman–Crippen LogP) is 4.62. The van der Waals surface area contributed by atoms with Crippen LogP contribution in [0.15, 0.2) is 16.8 Å². The van der Waals surface area contributed by atoms with Gasteiger partial charge in [0.2, 0.25) is 0 Å². The van der Waals surface area contributed by atoms with Crippen LogP contribution in [0.1, 0.15) is 47.1 Å². The minimum Gasteiger partial charge on any atom is -0.287 e. The maximum absolute atomic E-state index is 5.84. The first-order valence-corrected chi connectivity index (χ1v) is 8.82. The Kier molecular flexibility index (Phi) is 3.94. The highest BCUT2D eigenvalue weighted by Gasteiger charge is 2.29. The summed E-state index contributed by atoms with van der Waals surface area (Å²) >= 11 is 9.46. The van der Waals surface area contributed by atoms with Crippen molar-refractivity contribution in [3.05, 3.63) is 38.0 Å². The first-order valence-electron chi connectivity index (χ1n) is 6.53. The van der Waals surface area contributed by atoms with Gasteiger partial charge in [0.15, 0.2) is 0 Å². The molecule has 0 radical (unpaired) electrons. The fourth-order valence-corrected chi connectivity index (χ4v) is 4.86. The Labute approximate surface area is 127 Å². The third-order valence-corrected chi connectivity index (χ3v) is 6.22. The average Bonchev–Trinajstić information content (AvgIpc) is 3.07. The molecule has 0 amide bonds. The third-order valence-electron chi connectivity index (χ3n) is 3.89. The predicted molar refractivity (Wildman–Crippen MR) is 83.2 cm³/mol. The molecule has 2 aromatic rings. The lowest BCUT2D eigenvalue weighted by Crippen LogP contribution is -2.35. The van der Waals surface area contributed by atoms with E-state index < -0.39 is 0 Å². The second-order valence-electron chi connectivity index (χ2n) is 4.95. The van der Waals surface area contributed by atoms with Crippen molar-refractivity contribution in [2.24, 2.45) is 0 Å². The van der Waals surface area contributed by atoms with Crippen molar-refractivity contribution in [2.45, 2.75) is 38.2 Å². The number of thiophene rings is 1. The second-order valence-corrected chi connectivity index (χ2v) is 7.11. The molecule has 2 unspecified atom stereocenters. The monoisotopic (exact) mass is 312 g/mol.